The van der Waals surface area contributed by atoms with E-state index in [-0.39, 0.29) is 5.91 Å². The molecule has 2 heterocycles. The summed E-state index contributed by atoms with van der Waals surface area (Å²) in [6.45, 7) is 0.523. The van der Waals surface area contributed by atoms with Crippen LogP contribution >= 0.6 is 0 Å². The number of nitrogens with one attached hydrogen (secondary N) is 1. The summed E-state index contributed by atoms with van der Waals surface area (Å²) >= 11 is 0. The summed E-state index contributed by atoms with van der Waals surface area (Å²) in [7, 11) is 0. The molecule has 1 aliphatic rings. The van der Waals surface area contributed by atoms with Gasteiger partial charge in [-0.1, -0.05) is 38.2 Å². The molecule has 4 nitrogen and oxygen atoms in total. The van der Waals surface area contributed by atoms with Gasteiger partial charge in [-0.15, -0.1) is 0 Å². The van der Waals surface area contributed by atoms with E-state index in [9.17, 15) is 4.79 Å². The van der Waals surface area contributed by atoms with Crippen molar-refractivity contribution < 1.29 is 4.79 Å². The van der Waals surface area contributed by atoms with Gasteiger partial charge in [-0.3, -0.25) is 14.8 Å². The predicted molar refractivity (Wildman–Crippen MR) is 95.1 cm³/mol. The average Bonchev–Trinajstić information content (AvgIpc) is 2.66. The molecule has 1 saturated carbocycles. The minimum atomic E-state index is 0.144. The second-order valence-electron chi connectivity index (χ2n) is 6.57. The Balaban J connectivity index is 1.54. The number of pyridine rings is 2. The van der Waals surface area contributed by atoms with E-state index in [0.29, 0.717) is 13.0 Å². The van der Waals surface area contributed by atoms with Crippen molar-refractivity contribution in [2.24, 2.45) is 5.92 Å². The summed E-state index contributed by atoms with van der Waals surface area (Å²) in [6, 6.07) is 7.81. The molecule has 1 amide bonds. The quantitative estimate of drug-likeness (QED) is 0.870. The van der Waals surface area contributed by atoms with Gasteiger partial charge in [0.1, 0.15) is 0 Å². The first-order valence-electron chi connectivity index (χ1n) is 8.94. The van der Waals surface area contributed by atoms with Gasteiger partial charge >= 0.3 is 0 Å². The van der Waals surface area contributed by atoms with E-state index in [1.165, 1.54) is 32.1 Å². The van der Waals surface area contributed by atoms with Crippen LogP contribution in [-0.2, 0) is 11.3 Å². The number of hydrogen-bond acceptors (Lipinski definition) is 3. The highest BCUT2D eigenvalue weighted by Gasteiger charge is 2.15. The first-order valence-corrected chi connectivity index (χ1v) is 8.94. The first kappa shape index (κ1) is 16.6. The zero-order chi connectivity index (χ0) is 16.6. The smallest absolute Gasteiger partial charge is 0.220 e. The molecule has 1 N–H and O–H groups in total. The summed E-state index contributed by atoms with van der Waals surface area (Å²) in [4.78, 5) is 20.7. The Bertz CT molecular complexity index is 651. The fraction of sp³-hybridized carbons (Fsp3) is 0.450. The lowest BCUT2D eigenvalue weighted by molar-refractivity contribution is -0.121. The molecular weight excluding hydrogens is 298 g/mol. The number of hydrogen-bond donors (Lipinski definition) is 1. The van der Waals surface area contributed by atoms with Crippen molar-refractivity contribution in [3.8, 4) is 11.3 Å². The van der Waals surface area contributed by atoms with Gasteiger partial charge < -0.3 is 5.32 Å². The zero-order valence-corrected chi connectivity index (χ0v) is 14.1. The van der Waals surface area contributed by atoms with Crippen molar-refractivity contribution in [1.82, 2.24) is 15.3 Å². The Kier molecular flexibility index (Phi) is 5.94. The molecule has 0 unspecified atom stereocenters. The van der Waals surface area contributed by atoms with Gasteiger partial charge in [0, 0.05) is 37.1 Å². The lowest BCUT2D eigenvalue weighted by atomic mass is 9.86. The highest BCUT2D eigenvalue weighted by Crippen LogP contribution is 2.27. The Hall–Kier alpha value is -2.23. The van der Waals surface area contributed by atoms with Crippen LogP contribution in [0.1, 0.15) is 50.5 Å². The number of carbonyl (C=O) groups is 1. The fourth-order valence-electron chi connectivity index (χ4n) is 3.44. The molecule has 3 rings (SSSR count). The standard InChI is InChI=1S/C20H25N3O/c24-19(9-8-16-5-2-1-3-6-16)23-15-18-7-4-12-22-20(18)17-10-13-21-14-11-17/h4,7,10-14,16H,1-3,5-6,8-9,15H2,(H,23,24). The van der Waals surface area contributed by atoms with Gasteiger partial charge in [-0.2, -0.15) is 0 Å². The number of amides is 1. The van der Waals surface area contributed by atoms with Gasteiger partial charge in [-0.25, -0.2) is 0 Å². The van der Waals surface area contributed by atoms with E-state index >= 15 is 0 Å². The molecule has 1 fully saturated rings. The third kappa shape index (κ3) is 4.63. The normalized spacial score (nSPS) is 15.2. The maximum atomic E-state index is 12.2. The molecule has 2 aromatic rings. The van der Waals surface area contributed by atoms with Crippen LogP contribution in [0.2, 0.25) is 0 Å². The molecule has 126 valence electrons. The van der Waals surface area contributed by atoms with Crippen LogP contribution in [0.25, 0.3) is 11.3 Å². The van der Waals surface area contributed by atoms with E-state index in [1.54, 1.807) is 18.6 Å². The average molecular weight is 323 g/mol. The number of carbonyl (C=O) groups excluding carboxylic acids is 1. The molecule has 0 spiro atoms. The molecule has 0 atom stereocenters. The fourth-order valence-corrected chi connectivity index (χ4v) is 3.44. The summed E-state index contributed by atoms with van der Waals surface area (Å²) in [5.41, 5.74) is 2.97. The van der Waals surface area contributed by atoms with E-state index in [2.05, 4.69) is 15.3 Å². The summed E-state index contributed by atoms with van der Waals surface area (Å²) < 4.78 is 0. The van der Waals surface area contributed by atoms with Crippen molar-refractivity contribution >= 4 is 5.91 Å². The SMILES string of the molecule is O=C(CCC1CCCCC1)NCc1cccnc1-c1ccncc1. The van der Waals surface area contributed by atoms with Crippen LogP contribution in [0.4, 0.5) is 0 Å². The predicted octanol–water partition coefficient (Wildman–Crippen LogP) is 4.12. The maximum absolute atomic E-state index is 12.2. The molecule has 1 aliphatic carbocycles. The Labute approximate surface area is 143 Å². The van der Waals surface area contributed by atoms with E-state index in [4.69, 9.17) is 0 Å². The van der Waals surface area contributed by atoms with E-state index < -0.39 is 0 Å². The largest absolute Gasteiger partial charge is 0.352 e. The van der Waals surface area contributed by atoms with Crippen molar-refractivity contribution in [1.29, 1.82) is 0 Å². The van der Waals surface area contributed by atoms with Gasteiger partial charge in [0.05, 0.1) is 5.69 Å². The highest BCUT2D eigenvalue weighted by atomic mass is 16.1. The Morgan fingerprint density at radius 2 is 1.88 bits per heavy atom. The third-order valence-electron chi connectivity index (χ3n) is 4.83. The molecule has 24 heavy (non-hydrogen) atoms. The van der Waals surface area contributed by atoms with Gasteiger partial charge in [-0.05, 0) is 36.1 Å². The minimum absolute atomic E-state index is 0.144. The van der Waals surface area contributed by atoms with Crippen molar-refractivity contribution in [2.45, 2.75) is 51.5 Å². The van der Waals surface area contributed by atoms with Crippen LogP contribution in [0, 0.1) is 5.92 Å². The van der Waals surface area contributed by atoms with Crippen molar-refractivity contribution in [3.63, 3.8) is 0 Å². The van der Waals surface area contributed by atoms with Crippen LogP contribution in [0.15, 0.2) is 42.9 Å². The topological polar surface area (TPSA) is 54.9 Å². The molecule has 0 saturated heterocycles. The Morgan fingerprint density at radius 3 is 2.67 bits per heavy atom. The highest BCUT2D eigenvalue weighted by molar-refractivity contribution is 5.76. The van der Waals surface area contributed by atoms with Gasteiger partial charge in [0.25, 0.3) is 0 Å². The van der Waals surface area contributed by atoms with Crippen LogP contribution in [-0.4, -0.2) is 15.9 Å². The molecule has 2 aromatic heterocycles. The third-order valence-corrected chi connectivity index (χ3v) is 4.83. The Morgan fingerprint density at radius 1 is 1.08 bits per heavy atom. The van der Waals surface area contributed by atoms with E-state index in [1.807, 2.05) is 24.3 Å². The minimum Gasteiger partial charge on any atom is -0.352 e. The molecule has 0 aromatic carbocycles. The monoisotopic (exact) mass is 323 g/mol. The number of rotatable bonds is 6. The maximum Gasteiger partial charge on any atom is 0.220 e. The lowest BCUT2D eigenvalue weighted by Crippen LogP contribution is -2.24. The molecule has 0 aliphatic heterocycles. The summed E-state index contributed by atoms with van der Waals surface area (Å²) in [6.07, 6.45) is 13.6. The summed E-state index contributed by atoms with van der Waals surface area (Å²) in [5.74, 6) is 0.889. The molecular formula is C20H25N3O. The van der Waals surface area contributed by atoms with E-state index in [0.717, 1.165) is 29.2 Å². The molecule has 4 heteroatoms. The van der Waals surface area contributed by atoms with Crippen LogP contribution < -0.4 is 5.32 Å². The number of aromatic nitrogens is 2. The molecule has 0 radical (unpaired) electrons. The first-order chi connectivity index (χ1) is 11.8. The number of nitrogens with zero attached hydrogens (tertiary/aromatic N) is 2. The van der Waals surface area contributed by atoms with Gasteiger partial charge in [0.15, 0.2) is 0 Å². The second-order valence-corrected chi connectivity index (χ2v) is 6.57. The molecule has 0 bridgehead atoms. The summed E-state index contributed by atoms with van der Waals surface area (Å²) in [5, 5.41) is 3.05. The second kappa shape index (κ2) is 8.57. The van der Waals surface area contributed by atoms with Gasteiger partial charge in [0.2, 0.25) is 5.91 Å². The van der Waals surface area contributed by atoms with Crippen LogP contribution in [0.3, 0.4) is 0 Å². The zero-order valence-electron chi connectivity index (χ0n) is 14.1. The van der Waals surface area contributed by atoms with Crippen molar-refractivity contribution in [2.75, 3.05) is 0 Å². The lowest BCUT2D eigenvalue weighted by Gasteiger charge is -2.21. The van der Waals surface area contributed by atoms with Crippen LogP contribution in [0.5, 0.6) is 0 Å². The van der Waals surface area contributed by atoms with Crippen molar-refractivity contribution in [3.05, 3.63) is 48.4 Å².